The van der Waals surface area contributed by atoms with Crippen LogP contribution in [0, 0.1) is 74.6 Å². The van der Waals surface area contributed by atoms with Crippen LogP contribution in [-0.2, 0) is 85.5 Å². The third-order valence-electron chi connectivity index (χ3n) is 4.57. The van der Waals surface area contributed by atoms with Crippen LogP contribution in [-0.4, -0.2) is 195 Å². The van der Waals surface area contributed by atoms with Gasteiger partial charge in [0.05, 0.1) is 38.2 Å². The minimum absolute atomic E-state index is 0. The third kappa shape index (κ3) is 206. The van der Waals surface area contributed by atoms with Gasteiger partial charge in [0, 0.05) is 73.7 Å². The number of imide groups is 1. The van der Waals surface area contributed by atoms with Crippen molar-refractivity contribution in [3.05, 3.63) is 12.0 Å². The Labute approximate surface area is 662 Å². The Morgan fingerprint density at radius 1 is 0.856 bits per heavy atom. The molecule has 1 atom stereocenters. The van der Waals surface area contributed by atoms with Crippen molar-refractivity contribution in [2.45, 2.75) is 88.2 Å². The van der Waals surface area contributed by atoms with Crippen molar-refractivity contribution in [3.8, 4) is 68.1 Å². The maximum Gasteiger partial charge on any atom is 1.00 e. The summed E-state index contributed by atoms with van der Waals surface area (Å²) >= 11 is 10.8. The number of hydroxylamine groups is 2. The molecule has 2 fully saturated rings. The van der Waals surface area contributed by atoms with Crippen molar-refractivity contribution in [3.63, 3.8) is 0 Å². The number of terminal acetylenes is 6. The zero-order chi connectivity index (χ0) is 72.5. The number of epoxide rings is 1. The molecule has 38 heteroatoms. The van der Waals surface area contributed by atoms with E-state index in [0.717, 1.165) is 73.8 Å². The molecule has 0 bridgehead atoms. The van der Waals surface area contributed by atoms with E-state index in [-0.39, 0.29) is 164 Å². The standard InChI is InChI=1S/C6H6BrNO4.C6H8O2.C5H9N2O4P.C5H9NO.C4H8BrNO.2C3H5N.C3H4.C2H5Cl.C2H3FO.2C2H7N.2C2H4O2.C2H4O.C2H.CH2O3.2K.Na.H/c7-3-6(11)12-8-4(9)1-2-5(8)10;1-2-3-7-4-6-5-8-6;1-4(8)5(7-6)12(9,10-2)11-3;1-2-4-7-5-3-6;1-2-6-4(7)3-5;2*1-2-3-4;1-3-2;1-2-3;1-2(3)4;2*1-2-3;2*1-2(3)4;1-2-3;1-2;2-1-4-3;;;;/h1-3H2;1,6H,3-5H2;1-3H3;1H,3-6H2;2-3H2,1H3,(H,6,7);2*1H,3-4H2;1H,2H3;2H2,1H3;1H3;2*2-3H2,1H3;2*1H3,(H,3,4);2H,1H3;1H;1,3H;;;;/q;;;;;;;;;;;;;;;-1;;3*+1;-1/p-1. The van der Waals surface area contributed by atoms with Gasteiger partial charge in [-0.15, -0.1) is 54.7 Å². The molecule has 0 aromatic rings. The summed E-state index contributed by atoms with van der Waals surface area (Å²) in [7, 11) is -1.51. The predicted octanol–water partition coefficient (Wildman–Crippen LogP) is -7.55. The van der Waals surface area contributed by atoms with Gasteiger partial charge < -0.3 is 107 Å². The van der Waals surface area contributed by atoms with E-state index in [1.165, 1.54) is 6.92 Å². The van der Waals surface area contributed by atoms with Crippen LogP contribution in [0.3, 0.4) is 0 Å². The molecular formula is C52H91Br2ClFK2N9NaO21P. The van der Waals surface area contributed by atoms with Crippen LogP contribution in [0.2, 0.25) is 0 Å². The maximum absolute atomic E-state index is 11.4. The number of Topliss-reactive ketones (excluding diaryl/α,β-unsaturated/α-hetero) is 1. The molecule has 0 spiro atoms. The first kappa shape index (κ1) is 136. The molecule has 2 saturated heterocycles. The van der Waals surface area contributed by atoms with Gasteiger partial charge in [-0.2, -0.15) is 9.18 Å². The number of hydrogen-bond acceptors (Lipinski definition) is 24. The van der Waals surface area contributed by atoms with E-state index in [9.17, 15) is 32.9 Å². The molecule has 0 saturated carbocycles. The van der Waals surface area contributed by atoms with E-state index in [1.54, 1.807) is 6.92 Å². The van der Waals surface area contributed by atoms with E-state index in [0.29, 0.717) is 69.1 Å². The molecular weight excluding hydrogens is 1430 g/mol. The molecule has 0 aromatic carbocycles. The predicted molar refractivity (Wildman–Crippen MR) is 335 cm³/mol. The van der Waals surface area contributed by atoms with Crippen LogP contribution < -0.4 is 172 Å². The molecule has 2 aliphatic rings. The number of ether oxygens (including phenoxy) is 3. The SMILES string of the molecule is C#CC.C#CCN.C#CCN.C#CCOCC1CO1.C#CCOCCN.CC(=O)F.CC(=O)O.CC(=O)O.CC=O.CCCl.CCN.CCN.CCNC(=O)CBr.COP(=O)(OC)C(=[N+]=[N-])C(C)=O.O=C(CBr)ON1C(=O)CCC1=O.O=CO[O-].[C-]#C.[H-].[K+].[K+].[Na+]. The number of carbonyl (C=O) groups is 10. The number of nitrogens with zero attached hydrogens (tertiary/aromatic N) is 3. The molecule has 30 nitrogen and oxygen atoms in total. The Kier molecular flexibility index (Phi) is 203. The number of amides is 3. The number of carbonyl (C=O) groups excluding carboxylic acids is 8. The molecule has 0 aliphatic carbocycles. The van der Waals surface area contributed by atoms with E-state index in [4.69, 9.17) is 119 Å². The monoisotopic (exact) mass is 1520 g/mol. The van der Waals surface area contributed by atoms with Gasteiger partial charge in [-0.3, -0.25) is 38.4 Å². The van der Waals surface area contributed by atoms with E-state index in [1.807, 2.05) is 27.7 Å². The van der Waals surface area contributed by atoms with Crippen LogP contribution in [0.15, 0.2) is 0 Å². The van der Waals surface area contributed by atoms with Gasteiger partial charge in [-0.1, -0.05) is 76.3 Å². The molecule has 0 aromatic heterocycles. The number of aldehydes is 1. The number of carboxylic acids is 2. The van der Waals surface area contributed by atoms with Gasteiger partial charge in [-0.05, 0) is 33.9 Å². The number of rotatable bonds is 15. The summed E-state index contributed by atoms with van der Waals surface area (Å²) in [5.74, 6) is 8.22. The number of ketones is 1. The first-order valence-corrected chi connectivity index (χ1v) is 28.0. The van der Waals surface area contributed by atoms with Crippen LogP contribution in [0.5, 0.6) is 0 Å². The topological polar surface area (TPSA) is 501 Å². The summed E-state index contributed by atoms with van der Waals surface area (Å²) in [6.45, 7) is 20.9. The number of alkyl halides is 3. The Bertz CT molecular complexity index is 1940. The summed E-state index contributed by atoms with van der Waals surface area (Å²) in [6.07, 6.45) is 34.0. The molecule has 13 N–H and O–H groups in total. The fourth-order valence-electron chi connectivity index (χ4n) is 2.22. The maximum atomic E-state index is 11.4. The second-order valence-electron chi connectivity index (χ2n) is 12.0. The van der Waals surface area contributed by atoms with Crippen molar-refractivity contribution in [1.29, 1.82) is 0 Å². The quantitative estimate of drug-likeness (QED) is 0.00598. The normalized spacial score (nSPS) is 9.50. The number of nitrogens with two attached hydrogens (primary N) is 5. The van der Waals surface area contributed by atoms with Gasteiger partial charge in [0.2, 0.25) is 11.7 Å². The van der Waals surface area contributed by atoms with Crippen molar-refractivity contribution < 1.29 is 244 Å². The van der Waals surface area contributed by atoms with Gasteiger partial charge in [0.1, 0.15) is 30.9 Å². The molecule has 0 radical (unpaired) electrons. The first-order valence-electron chi connectivity index (χ1n) is 23.6. The van der Waals surface area contributed by atoms with Crippen LogP contribution >= 0.6 is 51.1 Å². The zero-order valence-corrected chi connectivity index (χ0v) is 67.4. The van der Waals surface area contributed by atoms with Crippen molar-refractivity contribution in [2.75, 3.05) is 103 Å². The van der Waals surface area contributed by atoms with Crippen molar-refractivity contribution in [2.24, 2.45) is 28.7 Å². The summed E-state index contributed by atoms with van der Waals surface area (Å²) in [6, 6.07) is -1.33. The average molecular weight is 1520 g/mol. The Hall–Kier alpha value is -2.52. The second-order valence-corrected chi connectivity index (χ2v) is 15.8. The summed E-state index contributed by atoms with van der Waals surface area (Å²) in [5.41, 5.74) is 32.1. The molecule has 2 rings (SSSR count). The summed E-state index contributed by atoms with van der Waals surface area (Å²) in [5, 5.41) is 26.8. The number of hydrogen-bond donors (Lipinski definition) is 8. The third-order valence-corrected chi connectivity index (χ3v) is 7.42. The van der Waals surface area contributed by atoms with Gasteiger partial charge in [0.25, 0.3) is 36.3 Å². The fraction of sp³-hybridized carbons (Fsp3) is 0.558. The smallest absolute Gasteiger partial charge is 1.00 e. The molecule has 2 aliphatic heterocycles. The largest absolute Gasteiger partial charge is 1.00 e. The number of aliphatic carboxylic acids is 2. The number of halogens is 4. The Balaban J connectivity index is -0.0000000365. The Morgan fingerprint density at radius 2 is 1.14 bits per heavy atom. The van der Waals surface area contributed by atoms with E-state index in [2.05, 4.69) is 116 Å². The second kappa shape index (κ2) is 135. The molecule has 1 unspecified atom stereocenters. The average Bonchev–Trinajstić information content (AvgIpc) is 4.25. The fourth-order valence-corrected chi connectivity index (χ4v) is 3.51. The van der Waals surface area contributed by atoms with Crippen molar-refractivity contribution in [1.82, 2.24) is 10.4 Å². The Morgan fingerprint density at radius 3 is 1.30 bits per heavy atom. The molecule has 2 heterocycles. The first-order chi connectivity index (χ1) is 40.8. The zero-order valence-electron chi connectivity index (χ0n) is 55.3. The van der Waals surface area contributed by atoms with E-state index >= 15 is 0 Å². The van der Waals surface area contributed by atoms with E-state index < -0.39 is 54.6 Å². The number of carboxylic acid groups (broad SMARTS) is 2. The molecule has 506 valence electrons. The summed E-state index contributed by atoms with van der Waals surface area (Å²) in [4.78, 5) is 107. The van der Waals surface area contributed by atoms with Crippen LogP contribution in [0.4, 0.5) is 4.39 Å². The van der Waals surface area contributed by atoms with Crippen LogP contribution in [0.25, 0.3) is 5.53 Å². The number of nitrogens with one attached hydrogen (secondary N) is 1. The summed E-state index contributed by atoms with van der Waals surface area (Å²) < 4.78 is 45.2. The van der Waals surface area contributed by atoms with Gasteiger partial charge >= 0.3 is 151 Å². The van der Waals surface area contributed by atoms with Crippen molar-refractivity contribution >= 4 is 117 Å². The minimum atomic E-state index is -3.70. The van der Waals surface area contributed by atoms with Gasteiger partial charge in [-0.25, -0.2) is 9.36 Å². The van der Waals surface area contributed by atoms with Crippen LogP contribution in [0.1, 0.15) is 83.5 Å². The molecule has 90 heavy (non-hydrogen) atoms. The minimum Gasteiger partial charge on any atom is -1.00 e. The molecule has 3 amide bonds. The van der Waals surface area contributed by atoms with Gasteiger partial charge in [0.15, 0.2) is 0 Å².